The van der Waals surface area contributed by atoms with E-state index in [1.807, 2.05) is 19.1 Å². The molecule has 0 saturated carbocycles. The Morgan fingerprint density at radius 2 is 1.73 bits per heavy atom. The fourth-order valence-corrected chi connectivity index (χ4v) is 1.71. The molecule has 0 aliphatic rings. The number of pyridine rings is 2. The predicted molar refractivity (Wildman–Crippen MR) is 85.1 cm³/mol. The molecular formula is C14H20N6O2. The first-order valence-electron chi connectivity index (χ1n) is 6.80. The van der Waals surface area contributed by atoms with E-state index in [2.05, 4.69) is 15.3 Å². The Morgan fingerprint density at radius 3 is 2.23 bits per heavy atom. The van der Waals surface area contributed by atoms with E-state index in [1.165, 1.54) is 18.3 Å². The quantitative estimate of drug-likeness (QED) is 0.562. The molecule has 0 aliphatic carbocycles. The number of rotatable bonds is 5. The average molecular weight is 304 g/mol. The molecule has 8 heteroatoms. The van der Waals surface area contributed by atoms with Crippen molar-refractivity contribution in [1.29, 1.82) is 0 Å². The van der Waals surface area contributed by atoms with Crippen molar-refractivity contribution in [2.45, 2.75) is 20.0 Å². The SMILES string of the molecule is CCNc1cccnc1CN.NCc1ncccc1[N+](=O)[O-]. The zero-order chi connectivity index (χ0) is 16.4. The number of nitrogens with two attached hydrogens (primary N) is 2. The zero-order valence-electron chi connectivity index (χ0n) is 12.4. The third kappa shape index (κ3) is 5.08. The molecule has 0 fully saturated rings. The molecule has 0 amide bonds. The van der Waals surface area contributed by atoms with Crippen LogP contribution in [-0.4, -0.2) is 21.4 Å². The second-order valence-electron chi connectivity index (χ2n) is 4.16. The molecule has 2 aromatic heterocycles. The van der Waals surface area contributed by atoms with Gasteiger partial charge in [-0.25, -0.2) is 0 Å². The highest BCUT2D eigenvalue weighted by atomic mass is 16.6. The molecule has 0 aromatic carbocycles. The number of anilines is 1. The minimum absolute atomic E-state index is 0.0185. The predicted octanol–water partition coefficient (Wildman–Crippen LogP) is 1.42. The van der Waals surface area contributed by atoms with E-state index >= 15 is 0 Å². The molecule has 22 heavy (non-hydrogen) atoms. The van der Waals surface area contributed by atoms with Crippen LogP contribution in [0.3, 0.4) is 0 Å². The summed E-state index contributed by atoms with van der Waals surface area (Å²) >= 11 is 0. The van der Waals surface area contributed by atoms with Crippen molar-refractivity contribution in [3.63, 3.8) is 0 Å². The maximum Gasteiger partial charge on any atom is 0.292 e. The average Bonchev–Trinajstić information content (AvgIpc) is 2.56. The van der Waals surface area contributed by atoms with E-state index in [0.717, 1.165) is 17.9 Å². The molecule has 0 atom stereocenters. The minimum Gasteiger partial charge on any atom is -0.384 e. The Morgan fingerprint density at radius 1 is 1.14 bits per heavy atom. The summed E-state index contributed by atoms with van der Waals surface area (Å²) in [6.45, 7) is 3.53. The number of hydrogen-bond donors (Lipinski definition) is 3. The number of nitrogens with one attached hydrogen (secondary N) is 1. The third-order valence-corrected chi connectivity index (χ3v) is 2.71. The van der Waals surface area contributed by atoms with Crippen LogP contribution in [0.15, 0.2) is 36.7 Å². The van der Waals surface area contributed by atoms with Gasteiger partial charge in [-0.3, -0.25) is 20.1 Å². The molecule has 8 nitrogen and oxygen atoms in total. The van der Waals surface area contributed by atoms with E-state index < -0.39 is 4.92 Å². The Bertz CT molecular complexity index is 605. The third-order valence-electron chi connectivity index (χ3n) is 2.71. The molecule has 5 N–H and O–H groups in total. The molecule has 2 heterocycles. The molecule has 0 aliphatic heterocycles. The summed E-state index contributed by atoms with van der Waals surface area (Å²) in [4.78, 5) is 17.7. The molecule has 0 bridgehead atoms. The molecule has 118 valence electrons. The number of aromatic nitrogens is 2. The van der Waals surface area contributed by atoms with Crippen molar-refractivity contribution >= 4 is 11.4 Å². The van der Waals surface area contributed by atoms with Gasteiger partial charge >= 0.3 is 0 Å². The highest BCUT2D eigenvalue weighted by molar-refractivity contribution is 5.47. The van der Waals surface area contributed by atoms with E-state index in [4.69, 9.17) is 11.5 Å². The molecule has 0 saturated heterocycles. The minimum atomic E-state index is -0.491. The van der Waals surface area contributed by atoms with Crippen molar-refractivity contribution in [2.24, 2.45) is 11.5 Å². The van der Waals surface area contributed by atoms with Crippen LogP contribution in [0.25, 0.3) is 0 Å². The van der Waals surface area contributed by atoms with Gasteiger partial charge in [-0.2, -0.15) is 0 Å². The zero-order valence-corrected chi connectivity index (χ0v) is 12.4. The fourth-order valence-electron chi connectivity index (χ4n) is 1.71. The summed E-state index contributed by atoms with van der Waals surface area (Å²) in [6.07, 6.45) is 3.23. The largest absolute Gasteiger partial charge is 0.384 e. The van der Waals surface area contributed by atoms with E-state index in [0.29, 0.717) is 12.2 Å². The van der Waals surface area contributed by atoms with Crippen molar-refractivity contribution in [1.82, 2.24) is 9.97 Å². The van der Waals surface area contributed by atoms with Crippen LogP contribution in [0.4, 0.5) is 11.4 Å². The van der Waals surface area contributed by atoms with Gasteiger partial charge in [0.1, 0.15) is 5.69 Å². The highest BCUT2D eigenvalue weighted by Gasteiger charge is 2.10. The summed E-state index contributed by atoms with van der Waals surface area (Å²) in [6, 6.07) is 6.78. The topological polar surface area (TPSA) is 133 Å². The Kier molecular flexibility index (Phi) is 7.44. The number of nitrogens with zero attached hydrogens (tertiary/aromatic N) is 3. The van der Waals surface area contributed by atoms with E-state index in [9.17, 15) is 10.1 Å². The van der Waals surface area contributed by atoms with Gasteiger partial charge in [-0.05, 0) is 25.1 Å². The second-order valence-corrected chi connectivity index (χ2v) is 4.16. The second kappa shape index (κ2) is 9.37. The van der Waals surface area contributed by atoms with Crippen molar-refractivity contribution < 1.29 is 4.92 Å². The van der Waals surface area contributed by atoms with Gasteiger partial charge in [-0.1, -0.05) is 0 Å². The van der Waals surface area contributed by atoms with Crippen LogP contribution in [0.2, 0.25) is 0 Å². The Labute approximate surface area is 128 Å². The van der Waals surface area contributed by atoms with Crippen LogP contribution in [0, 0.1) is 10.1 Å². The molecule has 0 radical (unpaired) electrons. The van der Waals surface area contributed by atoms with Crippen LogP contribution in [0.1, 0.15) is 18.3 Å². The molecular weight excluding hydrogens is 284 g/mol. The summed E-state index contributed by atoms with van der Waals surface area (Å²) in [5.41, 5.74) is 13.0. The lowest BCUT2D eigenvalue weighted by Gasteiger charge is -2.06. The van der Waals surface area contributed by atoms with Crippen LogP contribution < -0.4 is 16.8 Å². The summed E-state index contributed by atoms with van der Waals surface area (Å²) in [7, 11) is 0. The molecule has 0 unspecified atom stereocenters. The number of hydrogen-bond acceptors (Lipinski definition) is 7. The van der Waals surface area contributed by atoms with Crippen molar-refractivity contribution in [3.8, 4) is 0 Å². The van der Waals surface area contributed by atoms with Crippen molar-refractivity contribution in [2.75, 3.05) is 11.9 Å². The lowest BCUT2D eigenvalue weighted by molar-refractivity contribution is -0.385. The Balaban J connectivity index is 0.000000220. The standard InChI is InChI=1S/C8H13N3.C6H7N3O2/c1-2-10-7-4-3-5-11-8(7)6-9;7-4-5-6(9(10)11)2-1-3-8-5/h3-5,10H,2,6,9H2,1H3;1-3H,4,7H2. The summed E-state index contributed by atoms with van der Waals surface area (Å²) in [5.74, 6) is 0. The molecule has 0 spiro atoms. The first kappa shape index (κ1) is 17.5. The van der Waals surface area contributed by atoms with Crippen LogP contribution >= 0.6 is 0 Å². The maximum absolute atomic E-state index is 10.3. The van der Waals surface area contributed by atoms with Gasteiger partial charge in [0, 0.05) is 38.1 Å². The maximum atomic E-state index is 10.3. The molecule has 2 rings (SSSR count). The van der Waals surface area contributed by atoms with Crippen molar-refractivity contribution in [3.05, 3.63) is 58.2 Å². The molecule has 2 aromatic rings. The Hall–Kier alpha value is -2.58. The van der Waals surface area contributed by atoms with Gasteiger partial charge < -0.3 is 16.8 Å². The highest BCUT2D eigenvalue weighted by Crippen LogP contribution is 2.13. The summed E-state index contributed by atoms with van der Waals surface area (Å²) in [5, 5.41) is 13.5. The lowest BCUT2D eigenvalue weighted by Crippen LogP contribution is -2.06. The number of nitro groups is 1. The van der Waals surface area contributed by atoms with Gasteiger partial charge in [0.05, 0.1) is 16.3 Å². The first-order chi connectivity index (χ1) is 10.6. The van der Waals surface area contributed by atoms with Gasteiger partial charge in [0.2, 0.25) is 0 Å². The first-order valence-corrected chi connectivity index (χ1v) is 6.80. The van der Waals surface area contributed by atoms with Crippen LogP contribution in [0.5, 0.6) is 0 Å². The smallest absolute Gasteiger partial charge is 0.292 e. The normalized spacial score (nSPS) is 9.59. The van der Waals surface area contributed by atoms with E-state index in [1.54, 1.807) is 6.20 Å². The lowest BCUT2D eigenvalue weighted by atomic mass is 10.3. The monoisotopic (exact) mass is 304 g/mol. The van der Waals surface area contributed by atoms with Gasteiger partial charge in [0.15, 0.2) is 0 Å². The fraction of sp³-hybridized carbons (Fsp3) is 0.286. The summed E-state index contributed by atoms with van der Waals surface area (Å²) < 4.78 is 0. The van der Waals surface area contributed by atoms with Gasteiger partial charge in [-0.15, -0.1) is 0 Å². The van der Waals surface area contributed by atoms with E-state index in [-0.39, 0.29) is 12.2 Å². The van der Waals surface area contributed by atoms with Crippen LogP contribution in [-0.2, 0) is 13.1 Å². The van der Waals surface area contributed by atoms with Gasteiger partial charge in [0.25, 0.3) is 5.69 Å².